The molecule has 0 amide bonds. The molecule has 0 unspecified atom stereocenters. The lowest BCUT2D eigenvalue weighted by atomic mass is 9.98. The van der Waals surface area contributed by atoms with Gasteiger partial charge in [0.1, 0.15) is 12.1 Å². The van der Waals surface area contributed by atoms with Gasteiger partial charge in [0.2, 0.25) is 0 Å². The molecule has 25 heavy (non-hydrogen) atoms. The number of nitrogens with two attached hydrogens (primary N) is 1. The van der Waals surface area contributed by atoms with Gasteiger partial charge in [-0.1, -0.05) is 12.1 Å². The van der Waals surface area contributed by atoms with Crippen LogP contribution in [0.25, 0.3) is 10.9 Å². The van der Waals surface area contributed by atoms with Crippen molar-refractivity contribution in [3.05, 3.63) is 47.8 Å². The third kappa shape index (κ3) is 2.59. The van der Waals surface area contributed by atoms with Crippen molar-refractivity contribution >= 4 is 22.4 Å². The maximum absolute atomic E-state index is 6.11. The SMILES string of the molecule is COc1cc2ncnc(N3CCc4c(N)cccc4C3)c2cc1OC. The van der Waals surface area contributed by atoms with Crippen LogP contribution in [-0.4, -0.2) is 30.7 Å². The third-order valence-corrected chi connectivity index (χ3v) is 4.72. The van der Waals surface area contributed by atoms with Crippen LogP contribution >= 0.6 is 0 Å². The maximum atomic E-state index is 6.11. The number of anilines is 2. The molecule has 2 heterocycles. The number of ether oxygens (including phenoxy) is 2. The first-order chi connectivity index (χ1) is 12.2. The van der Waals surface area contributed by atoms with E-state index in [1.165, 1.54) is 11.1 Å². The van der Waals surface area contributed by atoms with Gasteiger partial charge in [0.15, 0.2) is 11.5 Å². The Labute approximate surface area is 146 Å². The first-order valence-corrected chi connectivity index (χ1v) is 8.19. The van der Waals surface area contributed by atoms with Gasteiger partial charge < -0.3 is 20.1 Å². The summed E-state index contributed by atoms with van der Waals surface area (Å²) in [5.41, 5.74) is 10.3. The number of fused-ring (bicyclic) bond motifs is 2. The highest BCUT2D eigenvalue weighted by atomic mass is 16.5. The molecule has 0 aliphatic carbocycles. The van der Waals surface area contributed by atoms with E-state index in [0.29, 0.717) is 11.5 Å². The summed E-state index contributed by atoms with van der Waals surface area (Å²) in [5.74, 6) is 2.24. The van der Waals surface area contributed by atoms with Crippen molar-refractivity contribution < 1.29 is 9.47 Å². The van der Waals surface area contributed by atoms with Crippen molar-refractivity contribution in [2.75, 3.05) is 31.4 Å². The van der Waals surface area contributed by atoms with Crippen molar-refractivity contribution in [2.45, 2.75) is 13.0 Å². The molecule has 0 fully saturated rings. The van der Waals surface area contributed by atoms with Crippen molar-refractivity contribution in [1.82, 2.24) is 9.97 Å². The molecule has 0 bridgehead atoms. The second-order valence-electron chi connectivity index (χ2n) is 6.08. The molecule has 4 rings (SSSR count). The molecule has 1 aliphatic heterocycles. The van der Waals surface area contributed by atoms with Gasteiger partial charge in [0.05, 0.1) is 19.7 Å². The normalized spacial score (nSPS) is 13.6. The summed E-state index contributed by atoms with van der Waals surface area (Å²) in [7, 11) is 3.25. The van der Waals surface area contributed by atoms with Gasteiger partial charge >= 0.3 is 0 Å². The summed E-state index contributed by atoms with van der Waals surface area (Å²) < 4.78 is 10.8. The summed E-state index contributed by atoms with van der Waals surface area (Å²) in [6.07, 6.45) is 2.50. The second kappa shape index (κ2) is 6.12. The molecule has 128 valence electrons. The van der Waals surface area contributed by atoms with Crippen LogP contribution in [0.2, 0.25) is 0 Å². The highest BCUT2D eigenvalue weighted by molar-refractivity contribution is 5.92. The smallest absolute Gasteiger partial charge is 0.162 e. The minimum Gasteiger partial charge on any atom is -0.493 e. The average Bonchev–Trinajstić information content (AvgIpc) is 2.66. The van der Waals surface area contributed by atoms with Gasteiger partial charge in [-0.3, -0.25) is 0 Å². The number of rotatable bonds is 3. The van der Waals surface area contributed by atoms with E-state index in [9.17, 15) is 0 Å². The van der Waals surface area contributed by atoms with Crippen LogP contribution < -0.4 is 20.1 Å². The molecule has 2 aromatic carbocycles. The quantitative estimate of drug-likeness (QED) is 0.742. The zero-order chi connectivity index (χ0) is 17.4. The molecule has 6 heteroatoms. The number of nitrogens with zero attached hydrogens (tertiary/aromatic N) is 3. The molecular formula is C19H20N4O2. The van der Waals surface area contributed by atoms with E-state index in [4.69, 9.17) is 15.2 Å². The summed E-state index contributed by atoms with van der Waals surface area (Å²) in [4.78, 5) is 11.2. The van der Waals surface area contributed by atoms with Crippen molar-refractivity contribution in [1.29, 1.82) is 0 Å². The zero-order valence-corrected chi connectivity index (χ0v) is 14.3. The molecule has 0 saturated carbocycles. The summed E-state index contributed by atoms with van der Waals surface area (Å²) in [6, 6.07) is 9.92. The van der Waals surface area contributed by atoms with E-state index >= 15 is 0 Å². The van der Waals surface area contributed by atoms with Gasteiger partial charge in [-0.05, 0) is 29.7 Å². The molecular weight excluding hydrogens is 316 g/mol. The van der Waals surface area contributed by atoms with Crippen molar-refractivity contribution in [3.8, 4) is 11.5 Å². The van der Waals surface area contributed by atoms with Crippen LogP contribution in [0.1, 0.15) is 11.1 Å². The summed E-state index contributed by atoms with van der Waals surface area (Å²) in [5, 5.41) is 0.951. The van der Waals surface area contributed by atoms with Gasteiger partial charge in [-0.15, -0.1) is 0 Å². The predicted molar refractivity (Wildman–Crippen MR) is 98.3 cm³/mol. The van der Waals surface area contributed by atoms with Crippen LogP contribution in [0, 0.1) is 0 Å². The fourth-order valence-electron chi connectivity index (χ4n) is 3.44. The standard InChI is InChI=1S/C19H20N4O2/c1-24-17-8-14-16(9-18(17)25-2)21-11-22-19(14)23-7-6-13-12(10-23)4-3-5-15(13)20/h3-5,8-9,11H,6-7,10,20H2,1-2H3. The molecule has 0 radical (unpaired) electrons. The number of aromatic nitrogens is 2. The van der Waals surface area contributed by atoms with Crippen molar-refractivity contribution in [3.63, 3.8) is 0 Å². The number of hydrogen-bond acceptors (Lipinski definition) is 6. The van der Waals surface area contributed by atoms with E-state index in [1.54, 1.807) is 20.5 Å². The molecule has 1 aliphatic rings. The Morgan fingerprint density at radius 2 is 1.88 bits per heavy atom. The molecule has 0 spiro atoms. The molecule has 3 aromatic rings. The molecule has 0 saturated heterocycles. The molecule has 2 N–H and O–H groups in total. The second-order valence-corrected chi connectivity index (χ2v) is 6.08. The van der Waals surface area contributed by atoms with Crippen LogP contribution in [-0.2, 0) is 13.0 Å². The van der Waals surface area contributed by atoms with E-state index in [1.807, 2.05) is 24.3 Å². The van der Waals surface area contributed by atoms with Crippen molar-refractivity contribution in [2.24, 2.45) is 0 Å². The largest absolute Gasteiger partial charge is 0.493 e. The minimum absolute atomic E-state index is 0.663. The zero-order valence-electron chi connectivity index (χ0n) is 14.3. The van der Waals surface area contributed by atoms with Gasteiger partial charge in [0.25, 0.3) is 0 Å². The fraction of sp³-hybridized carbons (Fsp3) is 0.263. The van der Waals surface area contributed by atoms with E-state index in [-0.39, 0.29) is 0 Å². The molecule has 1 aromatic heterocycles. The lowest BCUT2D eigenvalue weighted by molar-refractivity contribution is 0.356. The van der Waals surface area contributed by atoms with Gasteiger partial charge in [-0.2, -0.15) is 0 Å². The topological polar surface area (TPSA) is 73.5 Å². The van der Waals surface area contributed by atoms with E-state index in [2.05, 4.69) is 20.9 Å². The monoisotopic (exact) mass is 336 g/mol. The van der Waals surface area contributed by atoms with Gasteiger partial charge in [-0.25, -0.2) is 9.97 Å². The predicted octanol–water partition coefficient (Wildman–Crippen LogP) is 2.79. The minimum atomic E-state index is 0.663. The van der Waals surface area contributed by atoms with Crippen LogP contribution in [0.4, 0.5) is 11.5 Å². The maximum Gasteiger partial charge on any atom is 0.162 e. The van der Waals surface area contributed by atoms with E-state index < -0.39 is 0 Å². The third-order valence-electron chi connectivity index (χ3n) is 4.72. The molecule has 6 nitrogen and oxygen atoms in total. The van der Waals surface area contributed by atoms with E-state index in [0.717, 1.165) is 41.9 Å². The Morgan fingerprint density at radius 3 is 2.68 bits per heavy atom. The number of hydrogen-bond donors (Lipinski definition) is 1. The Balaban J connectivity index is 1.79. The first-order valence-electron chi connectivity index (χ1n) is 8.19. The first kappa shape index (κ1) is 15.5. The Kier molecular flexibility index (Phi) is 3.80. The fourth-order valence-corrected chi connectivity index (χ4v) is 3.44. The summed E-state index contributed by atoms with van der Waals surface area (Å²) >= 11 is 0. The summed E-state index contributed by atoms with van der Waals surface area (Å²) in [6.45, 7) is 1.64. The van der Waals surface area contributed by atoms with Crippen LogP contribution in [0.15, 0.2) is 36.7 Å². The number of methoxy groups -OCH3 is 2. The number of nitrogen functional groups attached to an aromatic ring is 1. The molecule has 0 atom stereocenters. The lowest BCUT2D eigenvalue weighted by Crippen LogP contribution is -2.31. The van der Waals surface area contributed by atoms with Crippen LogP contribution in [0.3, 0.4) is 0 Å². The Hall–Kier alpha value is -3.02. The highest BCUT2D eigenvalue weighted by Crippen LogP contribution is 2.36. The average molecular weight is 336 g/mol. The van der Waals surface area contributed by atoms with Gasteiger partial charge in [0, 0.05) is 30.2 Å². The lowest BCUT2D eigenvalue weighted by Gasteiger charge is -2.31. The highest BCUT2D eigenvalue weighted by Gasteiger charge is 2.21. The Bertz CT molecular complexity index is 942. The Morgan fingerprint density at radius 1 is 1.08 bits per heavy atom. The number of benzene rings is 2. The van der Waals surface area contributed by atoms with Crippen LogP contribution in [0.5, 0.6) is 11.5 Å².